The third kappa shape index (κ3) is 4.50. The van der Waals surface area contributed by atoms with Crippen molar-refractivity contribution < 1.29 is 9.53 Å². The number of amides is 1. The van der Waals surface area contributed by atoms with Crippen molar-refractivity contribution in [3.05, 3.63) is 33.8 Å². The van der Waals surface area contributed by atoms with E-state index in [0.717, 1.165) is 5.56 Å². The van der Waals surface area contributed by atoms with Gasteiger partial charge < -0.3 is 15.0 Å². The fourth-order valence-electron chi connectivity index (χ4n) is 2.23. The van der Waals surface area contributed by atoms with Gasteiger partial charge in [0.25, 0.3) is 0 Å². The van der Waals surface area contributed by atoms with Crippen LogP contribution >= 0.6 is 23.2 Å². The van der Waals surface area contributed by atoms with Gasteiger partial charge in [0.15, 0.2) is 0 Å². The first-order chi connectivity index (χ1) is 9.76. The monoisotopic (exact) mass is 330 g/mol. The van der Waals surface area contributed by atoms with Gasteiger partial charge in [-0.25, -0.2) is 4.79 Å². The maximum atomic E-state index is 12.2. The van der Waals surface area contributed by atoms with Crippen molar-refractivity contribution in [2.45, 2.75) is 32.4 Å². The molecule has 0 spiro atoms. The zero-order valence-electron chi connectivity index (χ0n) is 12.5. The number of hydrogen-bond donors (Lipinski definition) is 1. The van der Waals surface area contributed by atoms with Gasteiger partial charge in [-0.2, -0.15) is 0 Å². The molecule has 1 aliphatic heterocycles. The molecular formula is C15H20Cl2N2O2. The van der Waals surface area contributed by atoms with Crippen molar-refractivity contribution in [3.8, 4) is 0 Å². The second-order valence-corrected chi connectivity index (χ2v) is 6.94. The summed E-state index contributed by atoms with van der Waals surface area (Å²) in [4.78, 5) is 13.9. The maximum Gasteiger partial charge on any atom is 0.410 e. The number of benzene rings is 1. The average molecular weight is 331 g/mol. The summed E-state index contributed by atoms with van der Waals surface area (Å²) in [5.41, 5.74) is 0.406. The molecule has 6 heteroatoms. The smallest absolute Gasteiger partial charge is 0.410 e. The Morgan fingerprint density at radius 2 is 2.10 bits per heavy atom. The zero-order valence-corrected chi connectivity index (χ0v) is 14.0. The van der Waals surface area contributed by atoms with Gasteiger partial charge in [-0.05, 0) is 44.5 Å². The van der Waals surface area contributed by atoms with Crippen LogP contribution in [0.1, 0.15) is 32.4 Å². The number of hydrogen-bond acceptors (Lipinski definition) is 3. The molecule has 1 unspecified atom stereocenters. The van der Waals surface area contributed by atoms with E-state index in [1.165, 1.54) is 0 Å². The van der Waals surface area contributed by atoms with E-state index >= 15 is 0 Å². The minimum atomic E-state index is -0.495. The van der Waals surface area contributed by atoms with E-state index in [-0.39, 0.29) is 12.1 Å². The summed E-state index contributed by atoms with van der Waals surface area (Å²) in [5, 5.41) is 4.63. The molecule has 21 heavy (non-hydrogen) atoms. The van der Waals surface area contributed by atoms with Crippen LogP contribution in [0.4, 0.5) is 4.79 Å². The number of piperazine rings is 1. The quantitative estimate of drug-likeness (QED) is 0.849. The van der Waals surface area contributed by atoms with Crippen molar-refractivity contribution in [2.24, 2.45) is 0 Å². The topological polar surface area (TPSA) is 41.6 Å². The van der Waals surface area contributed by atoms with Crippen LogP contribution in [0.5, 0.6) is 0 Å². The van der Waals surface area contributed by atoms with Crippen LogP contribution < -0.4 is 5.32 Å². The van der Waals surface area contributed by atoms with Gasteiger partial charge in [-0.1, -0.05) is 23.2 Å². The van der Waals surface area contributed by atoms with Crippen LogP contribution in [0.25, 0.3) is 0 Å². The third-order valence-corrected chi connectivity index (χ3v) is 3.74. The van der Waals surface area contributed by atoms with Crippen LogP contribution in [-0.4, -0.2) is 36.2 Å². The maximum absolute atomic E-state index is 12.2. The third-order valence-electron chi connectivity index (χ3n) is 3.16. The molecule has 1 aromatic rings. The Bertz CT molecular complexity index is 529. The van der Waals surface area contributed by atoms with Crippen LogP contribution in [0.15, 0.2) is 18.2 Å². The molecule has 0 saturated carbocycles. The van der Waals surface area contributed by atoms with Gasteiger partial charge >= 0.3 is 6.09 Å². The van der Waals surface area contributed by atoms with E-state index in [0.29, 0.717) is 29.7 Å². The zero-order chi connectivity index (χ0) is 15.6. The molecule has 1 saturated heterocycles. The highest BCUT2D eigenvalue weighted by molar-refractivity contribution is 6.33. The Morgan fingerprint density at radius 3 is 2.76 bits per heavy atom. The van der Waals surface area contributed by atoms with Crippen LogP contribution in [0, 0.1) is 0 Å². The predicted octanol–water partition coefficient (Wildman–Crippen LogP) is 3.87. The number of rotatable bonds is 1. The Morgan fingerprint density at radius 1 is 1.38 bits per heavy atom. The summed E-state index contributed by atoms with van der Waals surface area (Å²) in [7, 11) is 0. The fraction of sp³-hybridized carbons (Fsp3) is 0.533. The Kier molecular flexibility index (Phi) is 5.02. The SMILES string of the molecule is CC(C)(C)OC(=O)N1CCNC(c2cc(Cl)ccc2Cl)C1. The number of halogens is 2. The molecular weight excluding hydrogens is 311 g/mol. The van der Waals surface area contributed by atoms with Gasteiger partial charge in [0.2, 0.25) is 0 Å². The van der Waals surface area contributed by atoms with Gasteiger partial charge in [0.1, 0.15) is 5.60 Å². The first-order valence-corrected chi connectivity index (χ1v) is 7.68. The largest absolute Gasteiger partial charge is 0.444 e. The molecule has 0 aliphatic carbocycles. The molecule has 0 bridgehead atoms. The number of carbonyl (C=O) groups excluding carboxylic acids is 1. The van der Waals surface area contributed by atoms with Crippen molar-refractivity contribution in [2.75, 3.05) is 19.6 Å². The molecule has 0 aromatic heterocycles. The Hall–Kier alpha value is -0.970. The van der Waals surface area contributed by atoms with Crippen molar-refractivity contribution in [1.82, 2.24) is 10.2 Å². The Labute approximate surface area is 135 Å². The standard InChI is InChI=1S/C15H20Cl2N2O2/c1-15(2,3)21-14(20)19-7-6-18-13(9-19)11-8-10(16)4-5-12(11)17/h4-5,8,13,18H,6-7,9H2,1-3H3. The minimum Gasteiger partial charge on any atom is -0.444 e. The summed E-state index contributed by atoms with van der Waals surface area (Å²) in [6.45, 7) is 7.39. The number of nitrogens with zero attached hydrogens (tertiary/aromatic N) is 1. The molecule has 1 amide bonds. The lowest BCUT2D eigenvalue weighted by molar-refractivity contribution is 0.0195. The first-order valence-electron chi connectivity index (χ1n) is 6.92. The number of carbonyl (C=O) groups is 1. The highest BCUT2D eigenvalue weighted by Gasteiger charge is 2.28. The van der Waals surface area contributed by atoms with E-state index in [9.17, 15) is 4.79 Å². The van der Waals surface area contributed by atoms with Gasteiger partial charge in [0, 0.05) is 29.7 Å². The minimum absolute atomic E-state index is 0.0440. The van der Waals surface area contributed by atoms with E-state index in [4.69, 9.17) is 27.9 Å². The number of nitrogens with one attached hydrogen (secondary N) is 1. The lowest BCUT2D eigenvalue weighted by Crippen LogP contribution is -2.49. The molecule has 1 N–H and O–H groups in total. The molecule has 1 aromatic carbocycles. The average Bonchev–Trinajstić information content (AvgIpc) is 2.40. The van der Waals surface area contributed by atoms with Crippen molar-refractivity contribution >= 4 is 29.3 Å². The molecule has 116 valence electrons. The Balaban J connectivity index is 2.10. The predicted molar refractivity (Wildman–Crippen MR) is 85.0 cm³/mol. The summed E-state index contributed by atoms with van der Waals surface area (Å²) in [6, 6.07) is 5.31. The second-order valence-electron chi connectivity index (χ2n) is 6.10. The van der Waals surface area contributed by atoms with Gasteiger partial charge in [-0.3, -0.25) is 0 Å². The molecule has 1 heterocycles. The van der Waals surface area contributed by atoms with Crippen LogP contribution in [0.3, 0.4) is 0 Å². The highest BCUT2D eigenvalue weighted by Crippen LogP contribution is 2.28. The molecule has 4 nitrogen and oxygen atoms in total. The molecule has 1 atom stereocenters. The van der Waals surface area contributed by atoms with Crippen molar-refractivity contribution in [3.63, 3.8) is 0 Å². The summed E-state index contributed by atoms with van der Waals surface area (Å²) < 4.78 is 5.42. The molecule has 2 rings (SSSR count). The summed E-state index contributed by atoms with van der Waals surface area (Å²) in [6.07, 6.45) is -0.299. The van der Waals surface area contributed by atoms with Gasteiger partial charge in [-0.15, -0.1) is 0 Å². The molecule has 1 fully saturated rings. The summed E-state index contributed by atoms with van der Waals surface area (Å²) >= 11 is 12.3. The van der Waals surface area contributed by atoms with E-state index in [1.54, 1.807) is 17.0 Å². The number of ether oxygens (including phenoxy) is 1. The lowest BCUT2D eigenvalue weighted by Gasteiger charge is -2.35. The van der Waals surface area contributed by atoms with E-state index in [2.05, 4.69) is 5.32 Å². The summed E-state index contributed by atoms with van der Waals surface area (Å²) in [5.74, 6) is 0. The fourth-order valence-corrected chi connectivity index (χ4v) is 2.66. The highest BCUT2D eigenvalue weighted by atomic mass is 35.5. The van der Waals surface area contributed by atoms with Crippen LogP contribution in [-0.2, 0) is 4.74 Å². The first kappa shape index (κ1) is 16.4. The second kappa shape index (κ2) is 6.42. The van der Waals surface area contributed by atoms with Crippen molar-refractivity contribution in [1.29, 1.82) is 0 Å². The van der Waals surface area contributed by atoms with E-state index in [1.807, 2.05) is 26.8 Å². The lowest BCUT2D eigenvalue weighted by atomic mass is 10.0. The molecule has 0 radical (unpaired) electrons. The van der Waals surface area contributed by atoms with Crippen LogP contribution in [0.2, 0.25) is 10.0 Å². The molecule has 1 aliphatic rings. The van der Waals surface area contributed by atoms with Gasteiger partial charge in [0.05, 0.1) is 6.04 Å². The normalized spacial score (nSPS) is 19.5. The van der Waals surface area contributed by atoms with E-state index < -0.39 is 5.60 Å².